The second-order valence-corrected chi connectivity index (χ2v) is 8.84. The van der Waals surface area contributed by atoms with Crippen molar-refractivity contribution in [1.82, 2.24) is 0 Å². The molecule has 2 aromatic carbocycles. The van der Waals surface area contributed by atoms with E-state index in [-0.39, 0.29) is 11.9 Å². The molecule has 1 heterocycles. The van der Waals surface area contributed by atoms with Crippen LogP contribution in [0.25, 0.3) is 5.57 Å². The Labute approximate surface area is 178 Å². The molecule has 1 N–H and O–H groups in total. The van der Waals surface area contributed by atoms with Crippen molar-refractivity contribution in [1.29, 1.82) is 0 Å². The molecule has 0 saturated carbocycles. The van der Waals surface area contributed by atoms with E-state index >= 15 is 0 Å². The van der Waals surface area contributed by atoms with Crippen LogP contribution in [-0.2, 0) is 22.4 Å². The number of hydrogen-bond donors (Lipinski definition) is 1. The third-order valence-corrected chi connectivity index (χ3v) is 6.42. The summed E-state index contributed by atoms with van der Waals surface area (Å²) in [6, 6.07) is 12.6. The van der Waals surface area contributed by atoms with Gasteiger partial charge < -0.3 is 9.84 Å². The van der Waals surface area contributed by atoms with Crippen LogP contribution in [0.2, 0.25) is 0 Å². The predicted octanol–water partition coefficient (Wildman–Crippen LogP) is 6.20. The first-order chi connectivity index (χ1) is 13.9. The maximum absolute atomic E-state index is 12.9. The molecule has 3 rings (SSSR count). The number of aryl methyl sites for hydroxylation is 4. The molecule has 0 saturated heterocycles. The summed E-state index contributed by atoms with van der Waals surface area (Å²) in [7, 11) is 0. The molecule has 0 radical (unpaired) electrons. The molecule has 3 nitrogen and oxygen atoms in total. The normalized spacial score (nSPS) is 16.8. The highest BCUT2D eigenvalue weighted by atomic mass is 32.2. The Morgan fingerprint density at radius 1 is 1.03 bits per heavy atom. The van der Waals surface area contributed by atoms with Gasteiger partial charge in [0.25, 0.3) is 0 Å². The van der Waals surface area contributed by atoms with Crippen molar-refractivity contribution >= 4 is 23.3 Å². The lowest BCUT2D eigenvalue weighted by molar-refractivity contribution is -0.143. The van der Waals surface area contributed by atoms with E-state index in [1.54, 1.807) is 11.8 Å². The lowest BCUT2D eigenvalue weighted by atomic mass is 9.87. The van der Waals surface area contributed by atoms with Crippen molar-refractivity contribution in [3.8, 4) is 0 Å². The van der Waals surface area contributed by atoms with Gasteiger partial charge in [0.2, 0.25) is 0 Å². The van der Waals surface area contributed by atoms with E-state index in [2.05, 4.69) is 64.1 Å². The molecule has 1 aliphatic rings. The molecule has 0 bridgehead atoms. The van der Waals surface area contributed by atoms with Gasteiger partial charge in [0, 0.05) is 17.1 Å². The summed E-state index contributed by atoms with van der Waals surface area (Å²) in [4.78, 5) is 14.1. The van der Waals surface area contributed by atoms with Gasteiger partial charge in [0.05, 0.1) is 0 Å². The number of rotatable bonds is 7. The molecule has 29 heavy (non-hydrogen) atoms. The Kier molecular flexibility index (Phi) is 7.07. The number of carbonyl (C=O) groups is 1. The Balaban J connectivity index is 1.75. The number of hydrogen-bond acceptors (Lipinski definition) is 4. The number of thioether (sulfide) groups is 1. The number of benzene rings is 2. The highest BCUT2D eigenvalue weighted by molar-refractivity contribution is 7.99. The van der Waals surface area contributed by atoms with Crippen LogP contribution in [0, 0.1) is 13.8 Å². The fourth-order valence-electron chi connectivity index (χ4n) is 3.86. The van der Waals surface area contributed by atoms with E-state index in [9.17, 15) is 9.90 Å². The number of ether oxygens (including phenoxy) is 1. The SMILES string of the molecule is CCc1cc(C)cc(CC)c1C1=C(O)CC(CCSc2ccc(C)cc2)OC1=O. The van der Waals surface area contributed by atoms with E-state index < -0.39 is 5.97 Å². The number of carbonyl (C=O) groups excluding carboxylic acids is 1. The molecule has 0 spiro atoms. The van der Waals surface area contributed by atoms with Crippen LogP contribution in [0.3, 0.4) is 0 Å². The molecule has 1 atom stereocenters. The van der Waals surface area contributed by atoms with Crippen LogP contribution >= 0.6 is 11.8 Å². The first kappa shape index (κ1) is 21.5. The molecule has 4 heteroatoms. The lowest BCUT2D eigenvalue weighted by Crippen LogP contribution is -2.27. The molecule has 154 valence electrons. The van der Waals surface area contributed by atoms with E-state index in [0.717, 1.165) is 41.7 Å². The minimum Gasteiger partial charge on any atom is -0.511 e. The van der Waals surface area contributed by atoms with Crippen molar-refractivity contribution < 1.29 is 14.6 Å². The van der Waals surface area contributed by atoms with E-state index in [4.69, 9.17) is 4.74 Å². The number of esters is 1. The molecular weight excluding hydrogens is 380 g/mol. The van der Waals surface area contributed by atoms with Gasteiger partial charge in [-0.15, -0.1) is 11.8 Å². The van der Waals surface area contributed by atoms with Crippen LogP contribution < -0.4 is 0 Å². The van der Waals surface area contributed by atoms with Crippen LogP contribution in [0.4, 0.5) is 0 Å². The Hall–Kier alpha value is -2.20. The van der Waals surface area contributed by atoms with E-state index in [0.29, 0.717) is 12.0 Å². The number of aliphatic hydroxyl groups is 1. The summed E-state index contributed by atoms with van der Waals surface area (Å²) in [6.45, 7) is 8.30. The summed E-state index contributed by atoms with van der Waals surface area (Å²) in [5.41, 5.74) is 5.84. The van der Waals surface area contributed by atoms with Gasteiger partial charge in [0.15, 0.2) is 0 Å². The Morgan fingerprint density at radius 2 is 1.66 bits per heavy atom. The van der Waals surface area contributed by atoms with Crippen molar-refractivity contribution in [2.45, 2.75) is 64.4 Å². The zero-order chi connectivity index (χ0) is 21.0. The molecule has 1 unspecified atom stereocenters. The average Bonchev–Trinajstić information content (AvgIpc) is 2.69. The zero-order valence-electron chi connectivity index (χ0n) is 17.7. The predicted molar refractivity (Wildman–Crippen MR) is 121 cm³/mol. The third-order valence-electron chi connectivity index (χ3n) is 5.37. The van der Waals surface area contributed by atoms with Crippen molar-refractivity contribution in [2.24, 2.45) is 0 Å². The van der Waals surface area contributed by atoms with Gasteiger partial charge in [-0.3, -0.25) is 0 Å². The van der Waals surface area contributed by atoms with Gasteiger partial charge >= 0.3 is 5.97 Å². The van der Waals surface area contributed by atoms with Crippen molar-refractivity contribution in [2.75, 3.05) is 5.75 Å². The second-order valence-electron chi connectivity index (χ2n) is 7.67. The largest absolute Gasteiger partial charge is 0.511 e. The van der Waals surface area contributed by atoms with Crippen LogP contribution in [0.5, 0.6) is 0 Å². The summed E-state index contributed by atoms with van der Waals surface area (Å²) in [6.07, 6.45) is 2.45. The van der Waals surface area contributed by atoms with Gasteiger partial charge in [-0.1, -0.05) is 49.2 Å². The summed E-state index contributed by atoms with van der Waals surface area (Å²) >= 11 is 1.75. The molecule has 0 fully saturated rings. The topological polar surface area (TPSA) is 46.5 Å². The average molecular weight is 411 g/mol. The monoisotopic (exact) mass is 410 g/mol. The summed E-state index contributed by atoms with van der Waals surface area (Å²) in [5.74, 6) is 0.612. The van der Waals surface area contributed by atoms with Gasteiger partial charge in [-0.2, -0.15) is 0 Å². The molecular formula is C25H30O3S. The van der Waals surface area contributed by atoms with Gasteiger partial charge in [0.1, 0.15) is 17.4 Å². The molecule has 0 aliphatic carbocycles. The molecule has 0 amide bonds. The standard InChI is InChI=1S/C25H30O3S/c1-5-18-13-17(4)14-19(6-2)23(18)24-22(26)15-20(28-25(24)27)11-12-29-21-9-7-16(3)8-10-21/h7-10,13-14,20,26H,5-6,11-12,15H2,1-4H3. The molecule has 2 aromatic rings. The van der Waals surface area contributed by atoms with E-state index in [1.165, 1.54) is 16.0 Å². The second kappa shape index (κ2) is 9.53. The van der Waals surface area contributed by atoms with E-state index in [1.807, 2.05) is 0 Å². The first-order valence-corrected chi connectivity index (χ1v) is 11.4. The van der Waals surface area contributed by atoms with Crippen molar-refractivity contribution in [3.05, 3.63) is 70.0 Å². The lowest BCUT2D eigenvalue weighted by Gasteiger charge is -2.26. The smallest absolute Gasteiger partial charge is 0.342 e. The maximum atomic E-state index is 12.9. The van der Waals surface area contributed by atoms with Gasteiger partial charge in [-0.25, -0.2) is 4.79 Å². The zero-order valence-corrected chi connectivity index (χ0v) is 18.6. The number of aliphatic hydroxyl groups excluding tert-OH is 1. The quantitative estimate of drug-likeness (QED) is 0.436. The van der Waals surface area contributed by atoms with Crippen LogP contribution in [0.15, 0.2) is 47.1 Å². The fourth-order valence-corrected chi connectivity index (χ4v) is 4.80. The minimum atomic E-state index is -0.396. The number of cyclic esters (lactones) is 1. The fraction of sp³-hybridized carbons (Fsp3) is 0.400. The summed E-state index contributed by atoms with van der Waals surface area (Å²) in [5, 5.41) is 10.8. The first-order valence-electron chi connectivity index (χ1n) is 10.4. The van der Waals surface area contributed by atoms with Crippen LogP contribution in [-0.4, -0.2) is 22.9 Å². The summed E-state index contributed by atoms with van der Waals surface area (Å²) < 4.78 is 5.74. The minimum absolute atomic E-state index is 0.167. The highest BCUT2D eigenvalue weighted by Gasteiger charge is 2.32. The van der Waals surface area contributed by atoms with Crippen LogP contribution in [0.1, 0.15) is 54.5 Å². The van der Waals surface area contributed by atoms with Crippen molar-refractivity contribution in [3.63, 3.8) is 0 Å². The Morgan fingerprint density at radius 3 is 2.21 bits per heavy atom. The molecule has 1 aliphatic heterocycles. The maximum Gasteiger partial charge on any atom is 0.342 e. The third kappa shape index (κ3) is 5.05. The van der Waals surface area contributed by atoms with Gasteiger partial charge in [-0.05, 0) is 61.9 Å². The molecule has 0 aromatic heterocycles. The highest BCUT2D eigenvalue weighted by Crippen LogP contribution is 2.35. The Bertz CT molecular complexity index is 887.